The van der Waals surface area contributed by atoms with Gasteiger partial charge in [-0.1, -0.05) is 6.07 Å². The minimum Gasteiger partial charge on any atom is -0.337 e. The molecule has 0 unspecified atom stereocenters. The first kappa shape index (κ1) is 16.7. The van der Waals surface area contributed by atoms with Crippen LogP contribution in [0.1, 0.15) is 6.42 Å². The number of nitrogens with zero attached hydrogens (tertiary/aromatic N) is 4. The maximum absolute atomic E-state index is 12.6. The molecule has 3 heterocycles. The van der Waals surface area contributed by atoms with Crippen LogP contribution in [-0.4, -0.2) is 30.3 Å². The molecule has 0 saturated heterocycles. The number of thioether (sulfide) groups is 1. The minimum atomic E-state index is -0.113. The third-order valence-electron chi connectivity index (χ3n) is 4.38. The summed E-state index contributed by atoms with van der Waals surface area (Å²) in [6, 6.07) is 8.02. The van der Waals surface area contributed by atoms with Crippen LogP contribution in [0.3, 0.4) is 0 Å². The molecule has 0 bridgehead atoms. The van der Waals surface area contributed by atoms with E-state index in [9.17, 15) is 4.79 Å². The van der Waals surface area contributed by atoms with E-state index in [0.717, 1.165) is 35.3 Å². The summed E-state index contributed by atoms with van der Waals surface area (Å²) in [6.07, 6.45) is 12.2. The number of rotatable bonds is 6. The lowest BCUT2D eigenvalue weighted by Crippen LogP contribution is -2.12. The molecule has 3 aromatic heterocycles. The summed E-state index contributed by atoms with van der Waals surface area (Å²) in [5.74, 6) is 0.702. The molecule has 0 radical (unpaired) electrons. The van der Waals surface area contributed by atoms with Crippen LogP contribution >= 0.6 is 11.8 Å². The van der Waals surface area contributed by atoms with Crippen molar-refractivity contribution in [3.63, 3.8) is 0 Å². The third-order valence-corrected chi connectivity index (χ3v) is 5.11. The first-order chi connectivity index (χ1) is 12.7. The molecular weight excluding hydrogens is 346 g/mol. The lowest BCUT2D eigenvalue weighted by Gasteiger charge is -2.09. The molecule has 1 N–H and O–H groups in total. The highest BCUT2D eigenvalue weighted by Gasteiger charge is 2.12. The summed E-state index contributed by atoms with van der Waals surface area (Å²) in [5, 5.41) is 1.00. The monoisotopic (exact) mass is 365 g/mol. The number of aryl methyl sites for hydroxylation is 2. The Labute approximate surface area is 154 Å². The van der Waals surface area contributed by atoms with Crippen LogP contribution in [0.2, 0.25) is 0 Å². The van der Waals surface area contributed by atoms with Gasteiger partial charge in [0.05, 0.1) is 11.9 Å². The zero-order valence-electron chi connectivity index (χ0n) is 14.4. The number of pyridine rings is 1. The molecule has 7 heteroatoms. The van der Waals surface area contributed by atoms with Crippen LogP contribution in [0.15, 0.2) is 65.1 Å². The Morgan fingerprint density at radius 1 is 1.15 bits per heavy atom. The van der Waals surface area contributed by atoms with E-state index in [4.69, 9.17) is 0 Å². The number of hydrogen-bond acceptors (Lipinski definition) is 4. The Morgan fingerprint density at radius 2 is 2.08 bits per heavy atom. The lowest BCUT2D eigenvalue weighted by atomic mass is 10.1. The number of aromatic amines is 1. The predicted molar refractivity (Wildman–Crippen MR) is 104 cm³/mol. The van der Waals surface area contributed by atoms with E-state index in [0.29, 0.717) is 11.4 Å². The van der Waals surface area contributed by atoms with Crippen molar-refractivity contribution in [2.75, 3.05) is 6.26 Å². The summed E-state index contributed by atoms with van der Waals surface area (Å²) in [7, 11) is 0. The summed E-state index contributed by atoms with van der Waals surface area (Å²) >= 11 is 1.66. The van der Waals surface area contributed by atoms with Crippen molar-refractivity contribution in [1.29, 1.82) is 0 Å². The van der Waals surface area contributed by atoms with Gasteiger partial charge in [-0.05, 0) is 36.3 Å². The van der Waals surface area contributed by atoms with Gasteiger partial charge in [0.25, 0.3) is 5.56 Å². The normalized spacial score (nSPS) is 11.3. The van der Waals surface area contributed by atoms with Gasteiger partial charge < -0.3 is 14.1 Å². The highest BCUT2D eigenvalue weighted by Crippen LogP contribution is 2.23. The average molecular weight is 365 g/mol. The molecule has 0 aliphatic rings. The van der Waals surface area contributed by atoms with E-state index in [2.05, 4.69) is 21.0 Å². The maximum atomic E-state index is 12.6. The molecule has 26 heavy (non-hydrogen) atoms. The number of nitrogens with one attached hydrogen (secondary N) is 1. The van der Waals surface area contributed by atoms with E-state index in [1.54, 1.807) is 24.2 Å². The number of hydrogen-bond donors (Lipinski definition) is 1. The molecule has 0 saturated carbocycles. The Bertz CT molecular complexity index is 1080. The number of H-pyrrole nitrogens is 1. The fourth-order valence-corrected chi connectivity index (χ4v) is 3.49. The molecule has 0 amide bonds. The van der Waals surface area contributed by atoms with E-state index in [1.807, 2.05) is 52.3 Å². The van der Waals surface area contributed by atoms with E-state index in [1.165, 1.54) is 0 Å². The number of imidazole rings is 2. The smallest absolute Gasteiger partial charge is 0.259 e. The van der Waals surface area contributed by atoms with Crippen LogP contribution < -0.4 is 5.56 Å². The average Bonchev–Trinajstić information content (AvgIpc) is 3.33. The van der Waals surface area contributed by atoms with Crippen LogP contribution in [0.4, 0.5) is 0 Å². The van der Waals surface area contributed by atoms with Crippen molar-refractivity contribution in [3.05, 3.63) is 65.7 Å². The van der Waals surface area contributed by atoms with Gasteiger partial charge in [0.15, 0.2) is 0 Å². The molecule has 0 spiro atoms. The Morgan fingerprint density at radius 3 is 2.88 bits per heavy atom. The highest BCUT2D eigenvalue weighted by molar-refractivity contribution is 7.98. The standard InChI is InChI=1S/C19H19N5OS/c1-26-15-4-3-14-11-16(19(25)22-17(14)12-15)18-21-6-10-24(18)8-2-7-23-9-5-20-13-23/h3-6,9-13H,2,7-8H2,1H3,(H,22,25). The van der Waals surface area contributed by atoms with Crippen molar-refractivity contribution in [2.45, 2.75) is 24.4 Å². The molecule has 1 aromatic carbocycles. The van der Waals surface area contributed by atoms with Gasteiger partial charge in [-0.2, -0.15) is 0 Å². The topological polar surface area (TPSA) is 68.5 Å². The van der Waals surface area contributed by atoms with Gasteiger partial charge in [0.2, 0.25) is 0 Å². The summed E-state index contributed by atoms with van der Waals surface area (Å²) in [6.45, 7) is 1.67. The molecule has 6 nitrogen and oxygen atoms in total. The number of fused-ring (bicyclic) bond motifs is 1. The quantitative estimate of drug-likeness (QED) is 0.532. The minimum absolute atomic E-state index is 0.113. The maximum Gasteiger partial charge on any atom is 0.259 e. The molecule has 4 aromatic rings. The summed E-state index contributed by atoms with van der Waals surface area (Å²) in [5.41, 5.74) is 1.34. The van der Waals surface area contributed by atoms with Crippen molar-refractivity contribution >= 4 is 22.7 Å². The fraction of sp³-hybridized carbons (Fsp3) is 0.211. The lowest BCUT2D eigenvalue weighted by molar-refractivity contribution is 0.566. The molecule has 0 fully saturated rings. The number of aromatic nitrogens is 5. The van der Waals surface area contributed by atoms with E-state index < -0.39 is 0 Å². The molecular formula is C19H19N5OS. The summed E-state index contributed by atoms with van der Waals surface area (Å²) < 4.78 is 4.08. The molecule has 0 aliphatic heterocycles. The first-order valence-electron chi connectivity index (χ1n) is 8.43. The Hall–Kier alpha value is -2.80. The second-order valence-electron chi connectivity index (χ2n) is 6.06. The Balaban J connectivity index is 1.62. The number of benzene rings is 1. The van der Waals surface area contributed by atoms with Gasteiger partial charge >= 0.3 is 0 Å². The van der Waals surface area contributed by atoms with Crippen molar-refractivity contribution < 1.29 is 0 Å². The first-order valence-corrected chi connectivity index (χ1v) is 9.65. The second-order valence-corrected chi connectivity index (χ2v) is 6.94. The van der Waals surface area contributed by atoms with Crippen LogP contribution in [0, 0.1) is 0 Å². The van der Waals surface area contributed by atoms with Crippen LogP contribution in [0.25, 0.3) is 22.3 Å². The molecule has 132 valence electrons. The van der Waals surface area contributed by atoms with Crippen LogP contribution in [-0.2, 0) is 13.1 Å². The van der Waals surface area contributed by atoms with Crippen LogP contribution in [0.5, 0.6) is 0 Å². The summed E-state index contributed by atoms with van der Waals surface area (Å²) in [4.78, 5) is 25.2. The highest BCUT2D eigenvalue weighted by atomic mass is 32.2. The largest absolute Gasteiger partial charge is 0.337 e. The van der Waals surface area contributed by atoms with Gasteiger partial charge in [0, 0.05) is 48.3 Å². The zero-order valence-corrected chi connectivity index (χ0v) is 15.2. The van der Waals surface area contributed by atoms with Gasteiger partial charge in [-0.15, -0.1) is 11.8 Å². The van der Waals surface area contributed by atoms with Gasteiger partial charge in [-0.25, -0.2) is 9.97 Å². The van der Waals surface area contributed by atoms with Gasteiger partial charge in [0.1, 0.15) is 5.82 Å². The third kappa shape index (κ3) is 3.30. The molecule has 4 rings (SSSR count). The van der Waals surface area contributed by atoms with Crippen molar-refractivity contribution in [2.24, 2.45) is 0 Å². The molecule has 0 atom stereocenters. The van der Waals surface area contributed by atoms with Crippen molar-refractivity contribution in [1.82, 2.24) is 24.1 Å². The Kier molecular flexibility index (Phi) is 4.62. The predicted octanol–water partition coefficient (Wildman–Crippen LogP) is 3.40. The second kappa shape index (κ2) is 7.21. The zero-order chi connectivity index (χ0) is 17.9. The van der Waals surface area contributed by atoms with Gasteiger partial charge in [-0.3, -0.25) is 4.79 Å². The molecule has 0 aliphatic carbocycles. The SMILES string of the molecule is CSc1ccc2cc(-c3nccn3CCCn3ccnc3)c(=O)[nH]c2c1. The van der Waals surface area contributed by atoms with Crippen molar-refractivity contribution in [3.8, 4) is 11.4 Å². The van der Waals surface area contributed by atoms with E-state index >= 15 is 0 Å². The van der Waals surface area contributed by atoms with E-state index in [-0.39, 0.29) is 5.56 Å². The fourth-order valence-electron chi connectivity index (χ4n) is 3.05.